The van der Waals surface area contributed by atoms with Gasteiger partial charge in [0, 0.05) is 11.8 Å². The van der Waals surface area contributed by atoms with Gasteiger partial charge in [0.15, 0.2) is 5.78 Å². The molecule has 0 saturated carbocycles. The van der Waals surface area contributed by atoms with E-state index in [1.807, 2.05) is 6.92 Å². The second-order valence-electron chi connectivity index (χ2n) is 4.17. The lowest BCUT2D eigenvalue weighted by molar-refractivity contribution is 0.0988. The quantitative estimate of drug-likeness (QED) is 0.871. The smallest absolute Gasteiger partial charge is 0.186 e. The number of Topliss-reactive ketones (excluding diaryl/α,β-unsaturated/α-hetero) is 1. The molecule has 0 aliphatic heterocycles. The molecule has 100 valence electrons. The average molecular weight is 315 g/mol. The van der Waals surface area contributed by atoms with Gasteiger partial charge >= 0.3 is 0 Å². The third-order valence-electron chi connectivity index (χ3n) is 2.58. The first-order chi connectivity index (χ1) is 8.99. The number of carbonyl (C=O) groups excluding carboxylic acids is 1. The molecule has 1 heterocycles. The lowest BCUT2D eigenvalue weighted by Gasteiger charge is -2.03. The van der Waals surface area contributed by atoms with Crippen molar-refractivity contribution in [2.24, 2.45) is 5.73 Å². The molecule has 0 amide bonds. The molecule has 3 nitrogen and oxygen atoms in total. The van der Waals surface area contributed by atoms with Crippen molar-refractivity contribution in [1.82, 2.24) is 4.98 Å². The van der Waals surface area contributed by atoms with E-state index >= 15 is 0 Å². The van der Waals surface area contributed by atoms with Crippen LogP contribution in [-0.2, 0) is 6.42 Å². The molecule has 0 aliphatic rings. The van der Waals surface area contributed by atoms with Gasteiger partial charge in [-0.25, -0.2) is 4.98 Å². The fraction of sp³-hybridized carbons (Fsp3) is 0.231. The summed E-state index contributed by atoms with van der Waals surface area (Å²) in [6.07, 6.45) is 0.182. The van der Waals surface area contributed by atoms with E-state index in [-0.39, 0.29) is 18.2 Å². The average Bonchev–Trinajstić information content (AvgIpc) is 2.84. The first kappa shape index (κ1) is 14.5. The van der Waals surface area contributed by atoms with Crippen LogP contribution in [0.5, 0.6) is 0 Å². The first-order valence-electron chi connectivity index (χ1n) is 5.66. The molecule has 2 aromatic rings. The van der Waals surface area contributed by atoms with Crippen molar-refractivity contribution in [2.75, 3.05) is 0 Å². The lowest BCUT2D eigenvalue weighted by Crippen LogP contribution is -2.08. The summed E-state index contributed by atoms with van der Waals surface area (Å²) in [6.45, 7) is 1.83. The Morgan fingerprint density at radius 2 is 2.21 bits per heavy atom. The third kappa shape index (κ3) is 3.34. The molecule has 19 heavy (non-hydrogen) atoms. The van der Waals surface area contributed by atoms with E-state index in [9.17, 15) is 4.79 Å². The normalized spacial score (nSPS) is 12.4. The number of hydrogen-bond donors (Lipinski definition) is 1. The van der Waals surface area contributed by atoms with Gasteiger partial charge in [0.25, 0.3) is 0 Å². The summed E-state index contributed by atoms with van der Waals surface area (Å²) in [4.78, 5) is 16.3. The number of nitrogens with two attached hydrogens (primary N) is 1. The molecule has 6 heteroatoms. The zero-order valence-corrected chi connectivity index (χ0v) is 12.5. The van der Waals surface area contributed by atoms with Gasteiger partial charge in [-0.1, -0.05) is 35.3 Å². The summed E-state index contributed by atoms with van der Waals surface area (Å²) in [5.41, 5.74) is 6.85. The van der Waals surface area contributed by atoms with Crippen LogP contribution in [0.25, 0.3) is 0 Å². The molecular weight excluding hydrogens is 303 g/mol. The first-order valence-corrected chi connectivity index (χ1v) is 7.29. The Morgan fingerprint density at radius 1 is 1.47 bits per heavy atom. The number of carbonyl (C=O) groups is 1. The van der Waals surface area contributed by atoms with Gasteiger partial charge in [-0.3, -0.25) is 4.79 Å². The topological polar surface area (TPSA) is 56.0 Å². The van der Waals surface area contributed by atoms with Gasteiger partial charge in [0.2, 0.25) is 0 Å². The summed E-state index contributed by atoms with van der Waals surface area (Å²) < 4.78 is 0. The highest BCUT2D eigenvalue weighted by Gasteiger charge is 2.15. The molecule has 0 bridgehead atoms. The molecule has 0 aliphatic carbocycles. The van der Waals surface area contributed by atoms with Crippen LogP contribution in [0.1, 0.15) is 34.0 Å². The molecule has 1 aromatic heterocycles. The predicted molar refractivity (Wildman–Crippen MR) is 79.2 cm³/mol. The second-order valence-corrected chi connectivity index (χ2v) is 5.85. The summed E-state index contributed by atoms with van der Waals surface area (Å²) in [7, 11) is 0. The van der Waals surface area contributed by atoms with Gasteiger partial charge < -0.3 is 5.73 Å². The van der Waals surface area contributed by atoms with E-state index in [1.165, 1.54) is 11.3 Å². The van der Waals surface area contributed by atoms with Crippen LogP contribution in [0.3, 0.4) is 0 Å². The largest absolute Gasteiger partial charge is 0.322 e. The zero-order valence-electron chi connectivity index (χ0n) is 10.2. The second kappa shape index (κ2) is 6.01. The third-order valence-corrected chi connectivity index (χ3v) is 4.48. The van der Waals surface area contributed by atoms with Gasteiger partial charge in [-0.2, -0.15) is 0 Å². The Kier molecular flexibility index (Phi) is 4.58. The number of halogens is 2. The molecule has 2 N–H and O–H groups in total. The molecular formula is C13H12Cl2N2OS. The Morgan fingerprint density at radius 3 is 2.84 bits per heavy atom. The van der Waals surface area contributed by atoms with Crippen molar-refractivity contribution >= 4 is 40.3 Å². The van der Waals surface area contributed by atoms with E-state index in [0.29, 0.717) is 21.3 Å². The number of aromatic nitrogens is 1. The van der Waals surface area contributed by atoms with Crippen LogP contribution in [-0.4, -0.2) is 10.8 Å². The van der Waals surface area contributed by atoms with E-state index in [2.05, 4.69) is 4.98 Å². The molecule has 0 saturated heterocycles. The van der Waals surface area contributed by atoms with E-state index in [4.69, 9.17) is 28.9 Å². The Balaban J connectivity index is 2.18. The molecule has 2 rings (SSSR count). The molecule has 0 radical (unpaired) electrons. The number of thiazole rings is 1. The van der Waals surface area contributed by atoms with Crippen molar-refractivity contribution in [1.29, 1.82) is 0 Å². The van der Waals surface area contributed by atoms with Gasteiger partial charge in [0.05, 0.1) is 16.1 Å². The van der Waals surface area contributed by atoms with E-state index in [1.54, 1.807) is 23.6 Å². The molecule has 0 fully saturated rings. The van der Waals surface area contributed by atoms with Gasteiger partial charge in [0.1, 0.15) is 10.7 Å². The number of ketones is 1. The highest BCUT2D eigenvalue weighted by molar-refractivity contribution is 7.09. The lowest BCUT2D eigenvalue weighted by atomic mass is 10.1. The Bertz CT molecular complexity index is 610. The maximum atomic E-state index is 12.1. The van der Waals surface area contributed by atoms with Crippen molar-refractivity contribution < 1.29 is 4.79 Å². The summed E-state index contributed by atoms with van der Waals surface area (Å²) in [6, 6.07) is 5.08. The maximum Gasteiger partial charge on any atom is 0.186 e. The van der Waals surface area contributed by atoms with E-state index < -0.39 is 0 Å². The minimum atomic E-state index is -0.165. The van der Waals surface area contributed by atoms with Gasteiger partial charge in [-0.05, 0) is 18.6 Å². The Labute approximate surface area is 125 Å². The van der Waals surface area contributed by atoms with Crippen molar-refractivity contribution in [3.05, 3.63) is 49.9 Å². The minimum Gasteiger partial charge on any atom is -0.322 e. The van der Waals surface area contributed by atoms with Crippen molar-refractivity contribution in [3.8, 4) is 0 Å². The van der Waals surface area contributed by atoms with Crippen LogP contribution >= 0.6 is 34.5 Å². The van der Waals surface area contributed by atoms with Gasteiger partial charge in [-0.15, -0.1) is 11.3 Å². The summed E-state index contributed by atoms with van der Waals surface area (Å²) >= 11 is 13.4. The van der Waals surface area contributed by atoms with E-state index in [0.717, 1.165) is 5.01 Å². The number of hydrogen-bond acceptors (Lipinski definition) is 4. The zero-order chi connectivity index (χ0) is 14.0. The Hall–Kier alpha value is -0.940. The summed E-state index contributed by atoms with van der Waals surface area (Å²) in [5.74, 6) is -0.0904. The SMILES string of the molecule is CC(N)c1nc(C(=O)Cc2cccc(Cl)c2Cl)cs1. The molecule has 1 aromatic carbocycles. The van der Waals surface area contributed by atoms with Crippen LogP contribution in [0, 0.1) is 0 Å². The van der Waals surface area contributed by atoms with Crippen LogP contribution in [0.4, 0.5) is 0 Å². The van der Waals surface area contributed by atoms with Crippen molar-refractivity contribution in [2.45, 2.75) is 19.4 Å². The highest BCUT2D eigenvalue weighted by Crippen LogP contribution is 2.27. The maximum absolute atomic E-state index is 12.1. The summed E-state index contributed by atoms with van der Waals surface area (Å²) in [5, 5.41) is 3.33. The van der Waals surface area contributed by atoms with Crippen LogP contribution < -0.4 is 5.73 Å². The molecule has 1 atom stereocenters. The number of benzene rings is 1. The predicted octanol–water partition coefficient (Wildman–Crippen LogP) is 3.90. The molecule has 1 unspecified atom stereocenters. The van der Waals surface area contributed by atoms with Crippen LogP contribution in [0.15, 0.2) is 23.6 Å². The number of nitrogens with zero attached hydrogens (tertiary/aromatic N) is 1. The fourth-order valence-corrected chi connectivity index (χ4v) is 2.74. The highest BCUT2D eigenvalue weighted by atomic mass is 35.5. The fourth-order valence-electron chi connectivity index (χ4n) is 1.57. The molecule has 0 spiro atoms. The standard InChI is InChI=1S/C13H12Cl2N2OS/c1-7(16)13-17-10(6-19-13)11(18)5-8-3-2-4-9(14)12(8)15/h2-4,6-7H,5,16H2,1H3. The number of rotatable bonds is 4. The van der Waals surface area contributed by atoms with Crippen molar-refractivity contribution in [3.63, 3.8) is 0 Å². The van der Waals surface area contributed by atoms with Crippen LogP contribution in [0.2, 0.25) is 10.0 Å². The monoisotopic (exact) mass is 314 g/mol. The minimum absolute atomic E-state index is 0.0904.